The van der Waals surface area contributed by atoms with E-state index in [1.807, 2.05) is 4.90 Å². The molecular formula is C31H51ClN4O7S. The molecule has 2 heterocycles. The molecule has 0 bridgehead atoms. The van der Waals surface area contributed by atoms with E-state index in [-0.39, 0.29) is 30.1 Å². The van der Waals surface area contributed by atoms with Crippen LogP contribution in [0.25, 0.3) is 0 Å². The summed E-state index contributed by atoms with van der Waals surface area (Å²) in [7, 11) is -1.87. The molecule has 1 saturated carbocycles. The monoisotopic (exact) mass is 658 g/mol. The highest BCUT2D eigenvalue weighted by Gasteiger charge is 2.55. The number of piperidine rings is 1. The fraction of sp³-hybridized carbons (Fsp3) is 0.742. The number of nitrogens with zero attached hydrogens (tertiary/aromatic N) is 2. The minimum absolute atomic E-state index is 0. The summed E-state index contributed by atoms with van der Waals surface area (Å²) in [5, 5.41) is 14.1. The van der Waals surface area contributed by atoms with Gasteiger partial charge in [-0.1, -0.05) is 32.6 Å². The third-order valence-electron chi connectivity index (χ3n) is 9.24. The number of rotatable bonds is 14. The van der Waals surface area contributed by atoms with E-state index in [9.17, 15) is 23.1 Å². The number of aliphatic hydroxyl groups excluding tert-OH is 1. The van der Waals surface area contributed by atoms with Crippen molar-refractivity contribution in [1.29, 1.82) is 0 Å². The predicted octanol–water partition coefficient (Wildman–Crippen LogP) is 3.55. The Morgan fingerprint density at radius 3 is 2.41 bits per heavy atom. The number of likely N-dealkylation sites (tertiary alicyclic amines) is 1. The van der Waals surface area contributed by atoms with Crippen LogP contribution in [-0.4, -0.2) is 99.0 Å². The van der Waals surface area contributed by atoms with Crippen LogP contribution in [0.15, 0.2) is 18.2 Å². The normalized spacial score (nSPS) is 21.8. The zero-order valence-corrected chi connectivity index (χ0v) is 28.0. The Labute approximate surface area is 268 Å². The number of anilines is 1. The van der Waals surface area contributed by atoms with E-state index >= 15 is 0 Å². The summed E-state index contributed by atoms with van der Waals surface area (Å²) in [5.41, 5.74) is -0.435. The fourth-order valence-electron chi connectivity index (χ4n) is 6.79. The molecule has 0 unspecified atom stereocenters. The number of nitrogens with one attached hydrogen (secondary N) is 2. The van der Waals surface area contributed by atoms with Gasteiger partial charge in [0.05, 0.1) is 31.8 Å². The summed E-state index contributed by atoms with van der Waals surface area (Å²) >= 11 is 0. The Morgan fingerprint density at radius 1 is 1.07 bits per heavy atom. The van der Waals surface area contributed by atoms with Gasteiger partial charge in [0.2, 0.25) is 21.8 Å². The van der Waals surface area contributed by atoms with Gasteiger partial charge in [-0.3, -0.25) is 14.3 Å². The summed E-state index contributed by atoms with van der Waals surface area (Å²) in [6, 6.07) is 4.07. The topological polar surface area (TPSA) is 138 Å². The van der Waals surface area contributed by atoms with E-state index in [0.29, 0.717) is 43.2 Å². The molecule has 3 aliphatic rings. The Kier molecular flexibility index (Phi) is 13.4. The van der Waals surface area contributed by atoms with E-state index in [1.54, 1.807) is 18.2 Å². The lowest BCUT2D eigenvalue weighted by Gasteiger charge is -2.52. The van der Waals surface area contributed by atoms with Crippen molar-refractivity contribution in [3.8, 4) is 11.5 Å². The molecule has 3 fully saturated rings. The third kappa shape index (κ3) is 8.92. The highest BCUT2D eigenvalue weighted by molar-refractivity contribution is 7.92. The van der Waals surface area contributed by atoms with Crippen LogP contribution < -0.4 is 19.5 Å². The second-order valence-corrected chi connectivity index (χ2v) is 14.1. The van der Waals surface area contributed by atoms with Crippen molar-refractivity contribution in [1.82, 2.24) is 15.1 Å². The molecule has 250 valence electrons. The number of carbonyl (C=O) groups is 2. The average molecular weight is 659 g/mol. The SMILES string of the molecule is CCCCN1C(=O)[C@@H]([C@H](O)C2CCCCC2)NC(=O)C12CCN(CCCCOc1ccc(NS(C)(=O)=O)cc1OC)CC2.Cl. The molecule has 0 radical (unpaired) electrons. The number of aliphatic hydroxyl groups is 1. The maximum absolute atomic E-state index is 13.8. The lowest BCUT2D eigenvalue weighted by molar-refractivity contribution is -0.165. The molecule has 2 saturated heterocycles. The number of benzene rings is 1. The predicted molar refractivity (Wildman–Crippen MR) is 173 cm³/mol. The fourth-order valence-corrected chi connectivity index (χ4v) is 7.34. The van der Waals surface area contributed by atoms with Crippen LogP contribution in [-0.2, 0) is 19.6 Å². The molecule has 2 aliphatic heterocycles. The Balaban J connectivity index is 0.00000529. The highest BCUT2D eigenvalue weighted by atomic mass is 35.5. The molecule has 13 heteroatoms. The standard InChI is InChI=1S/C31H50N4O7S.ClH/c1-4-5-18-35-29(37)27(28(36)23-11-7-6-8-12-23)32-30(38)31(35)15-19-34(20-16-31)17-9-10-21-42-25-14-13-24(22-26(25)41-2)33-43(3,39)40;/h13-14,22-23,27-28,33,36H,4-12,15-21H2,1-3H3,(H,32,38);1H/t27-,28-;/m1./s1. The molecule has 4 rings (SSSR count). The average Bonchev–Trinajstić information content (AvgIpc) is 2.99. The minimum atomic E-state index is -3.39. The molecule has 1 aromatic rings. The van der Waals surface area contributed by atoms with Crippen molar-refractivity contribution in [3.05, 3.63) is 18.2 Å². The van der Waals surface area contributed by atoms with Crippen molar-refractivity contribution in [2.24, 2.45) is 5.92 Å². The van der Waals surface area contributed by atoms with Crippen LogP contribution in [0.2, 0.25) is 0 Å². The minimum Gasteiger partial charge on any atom is -0.493 e. The number of halogens is 1. The lowest BCUT2D eigenvalue weighted by atomic mass is 9.78. The number of hydrogen-bond donors (Lipinski definition) is 3. The molecule has 0 aromatic heterocycles. The number of hydrogen-bond acceptors (Lipinski definition) is 8. The largest absolute Gasteiger partial charge is 0.493 e. The summed E-state index contributed by atoms with van der Waals surface area (Å²) in [4.78, 5) is 31.6. The van der Waals surface area contributed by atoms with E-state index in [0.717, 1.165) is 77.3 Å². The van der Waals surface area contributed by atoms with Gasteiger partial charge >= 0.3 is 0 Å². The number of piperazine rings is 1. The molecular weight excluding hydrogens is 608 g/mol. The molecule has 11 nitrogen and oxygen atoms in total. The quantitative estimate of drug-likeness (QED) is 0.258. The first-order valence-electron chi connectivity index (χ1n) is 15.9. The maximum atomic E-state index is 13.8. The molecule has 2 amide bonds. The van der Waals surface area contributed by atoms with E-state index in [1.165, 1.54) is 13.5 Å². The first-order valence-corrected chi connectivity index (χ1v) is 17.8. The van der Waals surface area contributed by atoms with Gasteiger partial charge in [0.15, 0.2) is 11.5 Å². The van der Waals surface area contributed by atoms with Gasteiger partial charge in [0.1, 0.15) is 11.6 Å². The summed E-state index contributed by atoms with van der Waals surface area (Å²) in [6.45, 7) is 5.43. The summed E-state index contributed by atoms with van der Waals surface area (Å²) in [5.74, 6) is 0.841. The number of sulfonamides is 1. The molecule has 1 aliphatic carbocycles. The first-order chi connectivity index (χ1) is 20.6. The van der Waals surface area contributed by atoms with Crippen LogP contribution in [0.1, 0.15) is 77.6 Å². The van der Waals surface area contributed by atoms with Crippen molar-refractivity contribution < 1.29 is 32.6 Å². The molecule has 1 spiro atoms. The van der Waals surface area contributed by atoms with Gasteiger partial charge in [-0.05, 0) is 69.5 Å². The summed E-state index contributed by atoms with van der Waals surface area (Å²) in [6.07, 6.45) is 10.0. The van der Waals surface area contributed by atoms with Crippen LogP contribution >= 0.6 is 12.4 Å². The lowest BCUT2D eigenvalue weighted by Crippen LogP contribution is -2.75. The van der Waals surface area contributed by atoms with Crippen LogP contribution in [0.5, 0.6) is 11.5 Å². The Hall–Kier alpha value is -2.28. The van der Waals surface area contributed by atoms with Crippen molar-refractivity contribution in [2.45, 2.75) is 95.2 Å². The van der Waals surface area contributed by atoms with Gasteiger partial charge in [-0.25, -0.2) is 8.42 Å². The molecule has 1 aromatic carbocycles. The van der Waals surface area contributed by atoms with Crippen molar-refractivity contribution in [3.63, 3.8) is 0 Å². The van der Waals surface area contributed by atoms with E-state index < -0.39 is 27.7 Å². The number of methoxy groups -OCH3 is 1. The molecule has 44 heavy (non-hydrogen) atoms. The second kappa shape index (κ2) is 16.3. The van der Waals surface area contributed by atoms with Gasteiger partial charge in [0, 0.05) is 25.7 Å². The number of carbonyl (C=O) groups excluding carboxylic acids is 2. The maximum Gasteiger partial charge on any atom is 0.248 e. The van der Waals surface area contributed by atoms with Gasteiger partial charge in [0.25, 0.3) is 0 Å². The zero-order valence-electron chi connectivity index (χ0n) is 26.4. The van der Waals surface area contributed by atoms with E-state index in [4.69, 9.17) is 9.47 Å². The number of ether oxygens (including phenoxy) is 2. The van der Waals surface area contributed by atoms with Crippen molar-refractivity contribution in [2.75, 3.05) is 50.9 Å². The van der Waals surface area contributed by atoms with Crippen LogP contribution in [0.4, 0.5) is 5.69 Å². The third-order valence-corrected chi connectivity index (χ3v) is 9.85. The number of amides is 2. The van der Waals surface area contributed by atoms with Crippen LogP contribution in [0.3, 0.4) is 0 Å². The Bertz CT molecular complexity index is 1200. The smallest absolute Gasteiger partial charge is 0.248 e. The zero-order chi connectivity index (χ0) is 31.0. The van der Waals surface area contributed by atoms with Crippen LogP contribution in [0, 0.1) is 5.92 Å². The molecule has 3 N–H and O–H groups in total. The first kappa shape index (κ1) is 36.2. The Morgan fingerprint density at radius 2 is 1.77 bits per heavy atom. The van der Waals surface area contributed by atoms with E-state index in [2.05, 4.69) is 21.9 Å². The summed E-state index contributed by atoms with van der Waals surface area (Å²) < 4.78 is 36.7. The number of unbranched alkanes of at least 4 members (excludes halogenated alkanes) is 2. The highest BCUT2D eigenvalue weighted by Crippen LogP contribution is 2.36. The van der Waals surface area contributed by atoms with Gasteiger partial charge < -0.3 is 29.7 Å². The second-order valence-electron chi connectivity index (χ2n) is 12.4. The van der Waals surface area contributed by atoms with Gasteiger partial charge in [-0.2, -0.15) is 0 Å². The van der Waals surface area contributed by atoms with Gasteiger partial charge in [-0.15, -0.1) is 12.4 Å². The van der Waals surface area contributed by atoms with Crippen molar-refractivity contribution >= 4 is 39.9 Å². The molecule has 2 atom stereocenters.